The monoisotopic (exact) mass is 344 g/mol. The molecule has 1 aromatic carbocycles. The predicted molar refractivity (Wildman–Crippen MR) is 103 cm³/mol. The Morgan fingerprint density at radius 3 is 2.16 bits per heavy atom. The molecule has 4 heteroatoms. The van der Waals surface area contributed by atoms with E-state index >= 15 is 0 Å². The molecule has 0 aliphatic heterocycles. The maximum Gasteiger partial charge on any atom is 0.313 e. The number of anilines is 1. The third-order valence-electron chi connectivity index (χ3n) is 5.32. The van der Waals surface area contributed by atoms with Gasteiger partial charge in [0.2, 0.25) is 0 Å². The van der Waals surface area contributed by atoms with Gasteiger partial charge in [-0.2, -0.15) is 0 Å². The molecule has 138 valence electrons. The summed E-state index contributed by atoms with van der Waals surface area (Å²) in [5.74, 6) is -0.136. The van der Waals surface area contributed by atoms with Gasteiger partial charge in [0, 0.05) is 11.7 Å². The zero-order valence-corrected chi connectivity index (χ0v) is 16.2. The highest BCUT2D eigenvalue weighted by atomic mass is 16.2. The maximum absolute atomic E-state index is 12.3. The summed E-state index contributed by atoms with van der Waals surface area (Å²) >= 11 is 0. The standard InChI is InChI=1S/C21H32N2O2/c1-14(2)17-8-6-7-9-18(17)23-20(25)19(24)22-16-12-10-15(11-13-16)21(3,4)5/h6-9,14-16H,10-13H2,1-5H3,(H,22,24)(H,23,25). The quantitative estimate of drug-likeness (QED) is 0.795. The number of hydrogen-bond donors (Lipinski definition) is 2. The third kappa shape index (κ3) is 5.32. The van der Waals surface area contributed by atoms with E-state index in [0.29, 0.717) is 17.0 Å². The Hall–Kier alpha value is -1.84. The smallest absolute Gasteiger partial charge is 0.313 e. The fourth-order valence-corrected chi connectivity index (χ4v) is 3.65. The number of para-hydroxylation sites is 1. The van der Waals surface area contributed by atoms with E-state index in [-0.39, 0.29) is 12.0 Å². The lowest BCUT2D eigenvalue weighted by Crippen LogP contribution is -2.44. The van der Waals surface area contributed by atoms with Crippen molar-refractivity contribution in [3.05, 3.63) is 29.8 Å². The Bertz CT molecular complexity index is 609. The highest BCUT2D eigenvalue weighted by Gasteiger charge is 2.31. The third-order valence-corrected chi connectivity index (χ3v) is 5.32. The number of amides is 2. The van der Waals surface area contributed by atoms with Crippen LogP contribution in [0, 0.1) is 11.3 Å². The van der Waals surface area contributed by atoms with Crippen molar-refractivity contribution in [1.82, 2.24) is 5.32 Å². The molecule has 2 N–H and O–H groups in total. The van der Waals surface area contributed by atoms with Crippen LogP contribution in [0.25, 0.3) is 0 Å². The van der Waals surface area contributed by atoms with Crippen LogP contribution in [0.15, 0.2) is 24.3 Å². The van der Waals surface area contributed by atoms with Crippen molar-refractivity contribution in [2.75, 3.05) is 5.32 Å². The Morgan fingerprint density at radius 2 is 1.60 bits per heavy atom. The fraction of sp³-hybridized carbons (Fsp3) is 0.619. The predicted octanol–water partition coefficient (Wildman–Crippen LogP) is 4.47. The van der Waals surface area contributed by atoms with E-state index < -0.39 is 11.8 Å². The van der Waals surface area contributed by atoms with E-state index in [0.717, 1.165) is 31.2 Å². The first-order valence-corrected chi connectivity index (χ1v) is 9.39. The molecular formula is C21H32N2O2. The first-order valence-electron chi connectivity index (χ1n) is 9.39. The topological polar surface area (TPSA) is 58.2 Å². The van der Waals surface area contributed by atoms with E-state index in [1.165, 1.54) is 0 Å². The second kappa shape index (κ2) is 8.03. The summed E-state index contributed by atoms with van der Waals surface area (Å²) in [5.41, 5.74) is 2.07. The van der Waals surface area contributed by atoms with Gasteiger partial charge < -0.3 is 10.6 Å². The second-order valence-electron chi connectivity index (χ2n) is 8.58. The Labute approximate surface area is 151 Å². The van der Waals surface area contributed by atoms with Crippen molar-refractivity contribution in [3.63, 3.8) is 0 Å². The van der Waals surface area contributed by atoms with Gasteiger partial charge in [-0.1, -0.05) is 52.8 Å². The van der Waals surface area contributed by atoms with Gasteiger partial charge in [0.15, 0.2) is 0 Å². The van der Waals surface area contributed by atoms with Crippen LogP contribution in [0.4, 0.5) is 5.69 Å². The molecule has 0 radical (unpaired) electrons. The summed E-state index contributed by atoms with van der Waals surface area (Å²) in [5, 5.41) is 5.67. The summed E-state index contributed by atoms with van der Waals surface area (Å²) in [6.07, 6.45) is 4.10. The zero-order chi connectivity index (χ0) is 18.6. The summed E-state index contributed by atoms with van der Waals surface area (Å²) < 4.78 is 0. The van der Waals surface area contributed by atoms with E-state index in [4.69, 9.17) is 0 Å². The lowest BCUT2D eigenvalue weighted by atomic mass is 9.71. The minimum Gasteiger partial charge on any atom is -0.345 e. The molecule has 1 aromatic rings. The van der Waals surface area contributed by atoms with Crippen LogP contribution >= 0.6 is 0 Å². The van der Waals surface area contributed by atoms with Crippen LogP contribution in [0.5, 0.6) is 0 Å². The number of benzene rings is 1. The van der Waals surface area contributed by atoms with Crippen LogP contribution < -0.4 is 10.6 Å². The van der Waals surface area contributed by atoms with Crippen LogP contribution in [-0.4, -0.2) is 17.9 Å². The molecule has 1 saturated carbocycles. The SMILES string of the molecule is CC(C)c1ccccc1NC(=O)C(=O)NC1CCC(C(C)(C)C)CC1. The normalized spacial score (nSPS) is 21.0. The molecule has 25 heavy (non-hydrogen) atoms. The average molecular weight is 344 g/mol. The van der Waals surface area contributed by atoms with Gasteiger partial charge >= 0.3 is 11.8 Å². The lowest BCUT2D eigenvalue weighted by Gasteiger charge is -2.37. The summed E-state index contributed by atoms with van der Waals surface area (Å²) in [6.45, 7) is 11.0. The summed E-state index contributed by atoms with van der Waals surface area (Å²) in [7, 11) is 0. The van der Waals surface area contributed by atoms with Gasteiger partial charge in [-0.15, -0.1) is 0 Å². The summed E-state index contributed by atoms with van der Waals surface area (Å²) in [4.78, 5) is 24.5. The number of rotatable bonds is 3. The molecule has 0 saturated heterocycles. The van der Waals surface area contributed by atoms with Crippen molar-refractivity contribution in [2.24, 2.45) is 11.3 Å². The fourth-order valence-electron chi connectivity index (χ4n) is 3.65. The van der Waals surface area contributed by atoms with Crippen LogP contribution in [-0.2, 0) is 9.59 Å². The van der Waals surface area contributed by atoms with Crippen molar-refractivity contribution < 1.29 is 9.59 Å². The van der Waals surface area contributed by atoms with Gasteiger partial charge in [-0.05, 0) is 54.6 Å². The van der Waals surface area contributed by atoms with Crippen molar-refractivity contribution in [3.8, 4) is 0 Å². The molecule has 1 aliphatic carbocycles. The van der Waals surface area contributed by atoms with Gasteiger partial charge in [-0.25, -0.2) is 0 Å². The van der Waals surface area contributed by atoms with Gasteiger partial charge in [0.25, 0.3) is 0 Å². The molecule has 4 nitrogen and oxygen atoms in total. The Morgan fingerprint density at radius 1 is 1.00 bits per heavy atom. The number of carbonyl (C=O) groups excluding carboxylic acids is 2. The molecule has 2 rings (SSSR count). The molecule has 1 fully saturated rings. The Balaban J connectivity index is 1.89. The molecule has 0 aromatic heterocycles. The van der Waals surface area contributed by atoms with E-state index in [9.17, 15) is 9.59 Å². The number of nitrogens with one attached hydrogen (secondary N) is 2. The minimum absolute atomic E-state index is 0.109. The zero-order valence-electron chi connectivity index (χ0n) is 16.2. The molecule has 0 heterocycles. The molecule has 1 aliphatic rings. The summed E-state index contributed by atoms with van der Waals surface area (Å²) in [6, 6.07) is 7.74. The number of hydrogen-bond acceptors (Lipinski definition) is 2. The Kier molecular flexibility index (Phi) is 6.26. The molecule has 0 atom stereocenters. The van der Waals surface area contributed by atoms with Crippen molar-refractivity contribution >= 4 is 17.5 Å². The van der Waals surface area contributed by atoms with Gasteiger partial charge in [0.1, 0.15) is 0 Å². The number of carbonyl (C=O) groups is 2. The molecular weight excluding hydrogens is 312 g/mol. The average Bonchev–Trinajstić information content (AvgIpc) is 2.54. The van der Waals surface area contributed by atoms with E-state index in [1.54, 1.807) is 0 Å². The first kappa shape index (κ1) is 19.5. The lowest BCUT2D eigenvalue weighted by molar-refractivity contribution is -0.136. The van der Waals surface area contributed by atoms with Crippen molar-refractivity contribution in [1.29, 1.82) is 0 Å². The highest BCUT2D eigenvalue weighted by Crippen LogP contribution is 2.37. The largest absolute Gasteiger partial charge is 0.345 e. The first-order chi connectivity index (χ1) is 11.7. The highest BCUT2D eigenvalue weighted by molar-refractivity contribution is 6.39. The molecule has 2 amide bonds. The van der Waals surface area contributed by atoms with Gasteiger partial charge in [-0.3, -0.25) is 9.59 Å². The van der Waals surface area contributed by atoms with Crippen LogP contribution in [0.2, 0.25) is 0 Å². The van der Waals surface area contributed by atoms with Gasteiger partial charge in [0.05, 0.1) is 0 Å². The second-order valence-corrected chi connectivity index (χ2v) is 8.58. The minimum atomic E-state index is -0.578. The molecule has 0 spiro atoms. The van der Waals surface area contributed by atoms with E-state index in [2.05, 4.69) is 45.3 Å². The molecule has 0 bridgehead atoms. The van der Waals surface area contributed by atoms with Crippen LogP contribution in [0.1, 0.15) is 71.8 Å². The van der Waals surface area contributed by atoms with Crippen LogP contribution in [0.3, 0.4) is 0 Å². The van der Waals surface area contributed by atoms with Crippen molar-refractivity contribution in [2.45, 2.75) is 72.3 Å². The van der Waals surface area contributed by atoms with E-state index in [1.807, 2.05) is 24.3 Å². The maximum atomic E-state index is 12.3. The molecule has 0 unspecified atom stereocenters.